The lowest BCUT2D eigenvalue weighted by Crippen LogP contribution is -2.12. The number of rotatable bonds is 2. The van der Waals surface area contributed by atoms with E-state index in [0.717, 1.165) is 5.69 Å². The molecule has 0 saturated carbocycles. The average molecular weight is 247 g/mol. The monoisotopic (exact) mass is 246 g/mol. The molecule has 3 N–H and O–H groups in total. The number of anilines is 2. The van der Waals surface area contributed by atoms with Crippen LogP contribution in [0.25, 0.3) is 0 Å². The van der Waals surface area contributed by atoms with E-state index >= 15 is 0 Å². The number of nitrogens with two attached hydrogens (primary N) is 1. The fraction of sp³-hybridized carbons (Fsp3) is 0. The second kappa shape index (κ2) is 4.89. The number of hydrogen-bond donors (Lipinski definition) is 2. The minimum atomic E-state index is -0.231. The van der Waals surface area contributed by atoms with Crippen molar-refractivity contribution >= 4 is 28.9 Å². The third kappa shape index (κ3) is 2.98. The maximum Gasteiger partial charge on any atom is 0.255 e. The van der Waals surface area contributed by atoms with Crippen LogP contribution >= 0.6 is 11.6 Å². The predicted molar refractivity (Wildman–Crippen MR) is 70.3 cm³/mol. The first kappa shape index (κ1) is 11.5. The minimum absolute atomic E-state index is 0.231. The zero-order valence-electron chi connectivity index (χ0n) is 8.98. The number of carbonyl (C=O) groups is 1. The van der Waals surface area contributed by atoms with Gasteiger partial charge in [0.05, 0.1) is 0 Å². The highest BCUT2D eigenvalue weighted by Gasteiger charge is 2.07. The molecule has 0 aliphatic heterocycles. The van der Waals surface area contributed by atoms with E-state index < -0.39 is 0 Å². The molecule has 0 aliphatic carbocycles. The zero-order chi connectivity index (χ0) is 12.3. The fourth-order valence-electron chi connectivity index (χ4n) is 1.47. The molecule has 1 amide bonds. The molecule has 0 unspecified atom stereocenters. The molecule has 86 valence electrons. The van der Waals surface area contributed by atoms with E-state index in [2.05, 4.69) is 5.32 Å². The molecule has 2 aromatic carbocycles. The van der Waals surface area contributed by atoms with Crippen LogP contribution in [0.1, 0.15) is 10.4 Å². The quantitative estimate of drug-likeness (QED) is 0.800. The van der Waals surface area contributed by atoms with Gasteiger partial charge in [-0.05, 0) is 30.3 Å². The molecule has 0 atom stereocenters. The summed E-state index contributed by atoms with van der Waals surface area (Å²) in [6.45, 7) is 0. The van der Waals surface area contributed by atoms with Gasteiger partial charge in [0, 0.05) is 22.0 Å². The third-order valence-electron chi connectivity index (χ3n) is 2.21. The number of hydrogen-bond acceptors (Lipinski definition) is 2. The molecule has 17 heavy (non-hydrogen) atoms. The van der Waals surface area contributed by atoms with Crippen molar-refractivity contribution < 1.29 is 4.79 Å². The summed E-state index contributed by atoms with van der Waals surface area (Å²) in [7, 11) is 0. The molecule has 0 saturated heterocycles. The molecule has 0 spiro atoms. The Kier molecular flexibility index (Phi) is 3.30. The van der Waals surface area contributed by atoms with Crippen LogP contribution in [0.5, 0.6) is 0 Å². The lowest BCUT2D eigenvalue weighted by molar-refractivity contribution is 0.102. The summed E-state index contributed by atoms with van der Waals surface area (Å²) in [5, 5.41) is 3.21. The van der Waals surface area contributed by atoms with E-state index in [1.807, 2.05) is 30.3 Å². The molecule has 2 aromatic rings. The molecule has 0 aromatic heterocycles. The van der Waals surface area contributed by atoms with Crippen molar-refractivity contribution in [1.82, 2.24) is 0 Å². The largest absolute Gasteiger partial charge is 0.399 e. The van der Waals surface area contributed by atoms with Crippen LogP contribution in [0.2, 0.25) is 5.02 Å². The third-order valence-corrected chi connectivity index (χ3v) is 2.43. The van der Waals surface area contributed by atoms with Gasteiger partial charge >= 0.3 is 0 Å². The maximum atomic E-state index is 11.9. The zero-order valence-corrected chi connectivity index (χ0v) is 9.74. The first-order valence-corrected chi connectivity index (χ1v) is 5.45. The van der Waals surface area contributed by atoms with Crippen molar-refractivity contribution in [2.45, 2.75) is 0 Å². The SMILES string of the molecule is Nc1cc(Cl)cc(C(=O)Nc2ccccc2)c1. The van der Waals surface area contributed by atoms with Gasteiger partial charge in [-0.15, -0.1) is 0 Å². The molecule has 4 heteroatoms. The van der Waals surface area contributed by atoms with E-state index in [4.69, 9.17) is 17.3 Å². The summed E-state index contributed by atoms with van der Waals surface area (Å²) in [6, 6.07) is 14.0. The standard InChI is InChI=1S/C13H11ClN2O/c14-10-6-9(7-11(15)8-10)13(17)16-12-4-2-1-3-5-12/h1-8H,15H2,(H,16,17). The number of amides is 1. The van der Waals surface area contributed by atoms with E-state index in [-0.39, 0.29) is 5.91 Å². The van der Waals surface area contributed by atoms with Gasteiger partial charge in [-0.25, -0.2) is 0 Å². The van der Waals surface area contributed by atoms with Gasteiger partial charge in [0.1, 0.15) is 0 Å². The van der Waals surface area contributed by atoms with Crippen LogP contribution in [0.4, 0.5) is 11.4 Å². The van der Waals surface area contributed by atoms with Crippen LogP contribution in [-0.4, -0.2) is 5.91 Å². The Morgan fingerprint density at radius 2 is 1.82 bits per heavy atom. The van der Waals surface area contributed by atoms with Crippen LogP contribution in [0.15, 0.2) is 48.5 Å². The lowest BCUT2D eigenvalue weighted by Gasteiger charge is -2.06. The number of benzene rings is 2. The molecule has 0 bridgehead atoms. The maximum absolute atomic E-state index is 11.9. The molecule has 2 rings (SSSR count). The normalized spacial score (nSPS) is 9.94. The van der Waals surface area contributed by atoms with Crippen LogP contribution in [0, 0.1) is 0 Å². The smallest absolute Gasteiger partial charge is 0.255 e. The summed E-state index contributed by atoms with van der Waals surface area (Å²) in [5.74, 6) is -0.231. The van der Waals surface area contributed by atoms with Crippen molar-refractivity contribution in [2.75, 3.05) is 11.1 Å². The Bertz CT molecular complexity index is 520. The molecule has 0 aliphatic rings. The Morgan fingerprint density at radius 3 is 2.47 bits per heavy atom. The summed E-state index contributed by atoms with van der Waals surface area (Å²) < 4.78 is 0. The van der Waals surface area contributed by atoms with Gasteiger partial charge < -0.3 is 11.1 Å². The van der Waals surface area contributed by atoms with E-state index in [1.54, 1.807) is 18.2 Å². The summed E-state index contributed by atoms with van der Waals surface area (Å²) in [6.07, 6.45) is 0. The summed E-state index contributed by atoms with van der Waals surface area (Å²) >= 11 is 5.84. The van der Waals surface area contributed by atoms with E-state index in [0.29, 0.717) is 16.3 Å². The number of carbonyl (C=O) groups excluding carboxylic acids is 1. The molecule has 0 heterocycles. The molecular formula is C13H11ClN2O. The van der Waals surface area contributed by atoms with Crippen molar-refractivity contribution in [3.8, 4) is 0 Å². The van der Waals surface area contributed by atoms with Gasteiger partial charge in [0.25, 0.3) is 5.91 Å². The van der Waals surface area contributed by atoms with Crippen molar-refractivity contribution in [2.24, 2.45) is 0 Å². The number of nitrogens with one attached hydrogen (secondary N) is 1. The van der Waals surface area contributed by atoms with Gasteiger partial charge in [-0.3, -0.25) is 4.79 Å². The van der Waals surface area contributed by atoms with Crippen LogP contribution in [-0.2, 0) is 0 Å². The molecule has 3 nitrogen and oxygen atoms in total. The highest BCUT2D eigenvalue weighted by molar-refractivity contribution is 6.31. The number of para-hydroxylation sites is 1. The van der Waals surface area contributed by atoms with Crippen LogP contribution in [0.3, 0.4) is 0 Å². The molecule has 0 fully saturated rings. The fourth-order valence-corrected chi connectivity index (χ4v) is 1.71. The predicted octanol–water partition coefficient (Wildman–Crippen LogP) is 3.17. The molecular weight excluding hydrogens is 236 g/mol. The number of nitrogen functional groups attached to an aromatic ring is 1. The topological polar surface area (TPSA) is 55.1 Å². The van der Waals surface area contributed by atoms with Crippen molar-refractivity contribution in [1.29, 1.82) is 0 Å². The van der Waals surface area contributed by atoms with Crippen LogP contribution < -0.4 is 11.1 Å². The van der Waals surface area contributed by atoms with E-state index in [9.17, 15) is 4.79 Å². The van der Waals surface area contributed by atoms with Crippen molar-refractivity contribution in [3.63, 3.8) is 0 Å². The minimum Gasteiger partial charge on any atom is -0.399 e. The second-order valence-corrected chi connectivity index (χ2v) is 4.03. The van der Waals surface area contributed by atoms with Gasteiger partial charge in [-0.2, -0.15) is 0 Å². The Hall–Kier alpha value is -2.00. The Morgan fingerprint density at radius 1 is 1.12 bits per heavy atom. The number of halogens is 1. The summed E-state index contributed by atoms with van der Waals surface area (Å²) in [5.41, 5.74) is 7.27. The van der Waals surface area contributed by atoms with Gasteiger partial charge in [0.15, 0.2) is 0 Å². The highest BCUT2D eigenvalue weighted by atomic mass is 35.5. The summed E-state index contributed by atoms with van der Waals surface area (Å²) in [4.78, 5) is 11.9. The Balaban J connectivity index is 2.20. The van der Waals surface area contributed by atoms with Crippen molar-refractivity contribution in [3.05, 3.63) is 59.1 Å². The average Bonchev–Trinajstić information content (AvgIpc) is 2.29. The highest BCUT2D eigenvalue weighted by Crippen LogP contribution is 2.17. The molecule has 0 radical (unpaired) electrons. The second-order valence-electron chi connectivity index (χ2n) is 3.59. The Labute approximate surface area is 104 Å². The van der Waals surface area contributed by atoms with Gasteiger partial charge in [-0.1, -0.05) is 29.8 Å². The van der Waals surface area contributed by atoms with E-state index in [1.165, 1.54) is 0 Å². The first-order valence-electron chi connectivity index (χ1n) is 5.07. The van der Waals surface area contributed by atoms with Gasteiger partial charge in [0.2, 0.25) is 0 Å². The lowest BCUT2D eigenvalue weighted by atomic mass is 10.2. The first-order chi connectivity index (χ1) is 8.15.